The zero-order valence-electron chi connectivity index (χ0n) is 19.6. The molecule has 0 aliphatic carbocycles. The van der Waals surface area contributed by atoms with Crippen LogP contribution >= 0.6 is 0 Å². The number of sulfonamides is 1. The highest BCUT2D eigenvalue weighted by atomic mass is 32.2. The summed E-state index contributed by atoms with van der Waals surface area (Å²) in [5.41, 5.74) is 2.96. The molecular formula is C26H26N4O4S. The Morgan fingerprint density at radius 3 is 2.60 bits per heavy atom. The van der Waals surface area contributed by atoms with Crippen molar-refractivity contribution in [3.05, 3.63) is 83.4 Å². The van der Waals surface area contributed by atoms with E-state index in [1.54, 1.807) is 40.1 Å². The fraction of sp³-hybridized carbons (Fsp3) is 0.231. The maximum atomic E-state index is 13.4. The van der Waals surface area contributed by atoms with Crippen molar-refractivity contribution in [1.29, 1.82) is 5.26 Å². The number of amides is 2. The lowest BCUT2D eigenvalue weighted by molar-refractivity contribution is 0.192. The van der Waals surface area contributed by atoms with E-state index in [2.05, 4.69) is 10.8 Å². The number of hydrogen-bond donors (Lipinski definition) is 1. The normalized spacial score (nSPS) is 13.9. The molecule has 0 radical (unpaired) electrons. The maximum absolute atomic E-state index is 13.4. The number of nitrogens with one attached hydrogen (secondary N) is 1. The van der Waals surface area contributed by atoms with E-state index >= 15 is 0 Å². The first-order valence-electron chi connectivity index (χ1n) is 11.1. The summed E-state index contributed by atoms with van der Waals surface area (Å²) in [5.74, 6) is 0.455. The number of carbonyl (C=O) groups excluding carboxylic acids is 1. The molecule has 35 heavy (non-hydrogen) atoms. The van der Waals surface area contributed by atoms with E-state index in [-0.39, 0.29) is 22.2 Å². The molecule has 9 heteroatoms. The summed E-state index contributed by atoms with van der Waals surface area (Å²) in [5, 5.41) is 9.30. The highest BCUT2D eigenvalue weighted by Crippen LogP contribution is 2.34. The molecular weight excluding hydrogens is 464 g/mol. The van der Waals surface area contributed by atoms with Gasteiger partial charge in [0, 0.05) is 19.6 Å². The first-order chi connectivity index (χ1) is 16.8. The lowest BCUT2D eigenvalue weighted by Crippen LogP contribution is -2.49. The van der Waals surface area contributed by atoms with Crippen molar-refractivity contribution in [3.63, 3.8) is 0 Å². The van der Waals surface area contributed by atoms with Gasteiger partial charge in [-0.1, -0.05) is 42.0 Å². The predicted octanol–water partition coefficient (Wildman–Crippen LogP) is 4.51. The zero-order chi connectivity index (χ0) is 25.0. The number of nitrogens with zero attached hydrogens (tertiary/aromatic N) is 3. The molecule has 1 heterocycles. The predicted molar refractivity (Wildman–Crippen MR) is 134 cm³/mol. The number of carbonyl (C=O) groups is 1. The highest BCUT2D eigenvalue weighted by Gasteiger charge is 2.29. The van der Waals surface area contributed by atoms with Crippen molar-refractivity contribution in [2.45, 2.75) is 24.8 Å². The second-order valence-electron chi connectivity index (χ2n) is 8.30. The van der Waals surface area contributed by atoms with Crippen LogP contribution in [0.1, 0.15) is 23.1 Å². The number of methoxy groups -OCH3 is 1. The summed E-state index contributed by atoms with van der Waals surface area (Å²) in [7, 11) is -2.51. The van der Waals surface area contributed by atoms with Crippen LogP contribution in [0.5, 0.6) is 5.75 Å². The quantitative estimate of drug-likeness (QED) is 0.525. The van der Waals surface area contributed by atoms with E-state index in [1.807, 2.05) is 31.2 Å². The lowest BCUT2D eigenvalue weighted by Gasteiger charge is -2.36. The van der Waals surface area contributed by atoms with Gasteiger partial charge >= 0.3 is 6.03 Å². The largest absolute Gasteiger partial charge is 0.495 e. The van der Waals surface area contributed by atoms with Crippen molar-refractivity contribution in [3.8, 4) is 11.8 Å². The molecule has 3 aromatic carbocycles. The molecule has 1 N–H and O–H groups in total. The first-order valence-corrected chi connectivity index (χ1v) is 12.6. The van der Waals surface area contributed by atoms with E-state index in [0.717, 1.165) is 17.5 Å². The molecule has 4 rings (SSSR count). The molecule has 0 saturated carbocycles. The van der Waals surface area contributed by atoms with Gasteiger partial charge in [-0.3, -0.25) is 9.62 Å². The molecule has 2 amide bonds. The topological polar surface area (TPSA) is 103 Å². The standard InChI is InChI=1S/C26H26N4O4S/c1-19-7-5-8-20(15-19)18-29-13-6-14-30(26(29)31)23-16-22(11-12-24(23)34-2)28-35(32,33)25-10-4-3-9-21(25)17-27/h3-5,7-12,15-16,28H,6,13-14,18H2,1-2H3. The number of urea groups is 1. The third-order valence-electron chi connectivity index (χ3n) is 5.79. The molecule has 1 saturated heterocycles. The molecule has 1 aliphatic heterocycles. The molecule has 0 aromatic heterocycles. The van der Waals surface area contributed by atoms with Gasteiger partial charge in [0.25, 0.3) is 10.0 Å². The van der Waals surface area contributed by atoms with Crippen LogP contribution in [0.3, 0.4) is 0 Å². The molecule has 180 valence electrons. The van der Waals surface area contributed by atoms with Crippen LogP contribution in [0.4, 0.5) is 16.2 Å². The third kappa shape index (κ3) is 5.23. The number of nitriles is 1. The summed E-state index contributed by atoms with van der Waals surface area (Å²) in [6.45, 7) is 3.60. The van der Waals surface area contributed by atoms with Gasteiger partial charge in [0.2, 0.25) is 0 Å². The second-order valence-corrected chi connectivity index (χ2v) is 9.95. The Balaban J connectivity index is 1.62. The van der Waals surface area contributed by atoms with Crippen LogP contribution in [0.25, 0.3) is 0 Å². The van der Waals surface area contributed by atoms with Gasteiger partial charge < -0.3 is 9.64 Å². The zero-order valence-corrected chi connectivity index (χ0v) is 20.4. The number of rotatable bonds is 7. The molecule has 1 aliphatic rings. The average Bonchev–Trinajstić information content (AvgIpc) is 2.85. The number of ether oxygens (including phenoxy) is 1. The maximum Gasteiger partial charge on any atom is 0.324 e. The Labute approximate surface area is 205 Å². The highest BCUT2D eigenvalue weighted by molar-refractivity contribution is 7.92. The number of hydrogen-bond acceptors (Lipinski definition) is 5. The van der Waals surface area contributed by atoms with Gasteiger partial charge in [-0.2, -0.15) is 5.26 Å². The van der Waals surface area contributed by atoms with Gasteiger partial charge in [0.1, 0.15) is 16.7 Å². The van der Waals surface area contributed by atoms with Gasteiger partial charge in [-0.25, -0.2) is 13.2 Å². The molecule has 3 aromatic rings. The summed E-state index contributed by atoms with van der Waals surface area (Å²) < 4.78 is 34.0. The summed E-state index contributed by atoms with van der Waals surface area (Å²) in [6, 6.07) is 20.5. The van der Waals surface area contributed by atoms with Gasteiger partial charge in [0.15, 0.2) is 0 Å². The average molecular weight is 491 g/mol. The molecule has 0 atom stereocenters. The van der Waals surface area contributed by atoms with E-state index in [9.17, 15) is 18.5 Å². The van der Waals surface area contributed by atoms with Crippen molar-refractivity contribution < 1.29 is 17.9 Å². The van der Waals surface area contributed by atoms with Crippen LogP contribution in [0.2, 0.25) is 0 Å². The van der Waals surface area contributed by atoms with Crippen molar-refractivity contribution in [2.75, 3.05) is 29.8 Å². The van der Waals surface area contributed by atoms with Gasteiger partial charge in [-0.05, 0) is 49.2 Å². The minimum atomic E-state index is -4.02. The monoisotopic (exact) mass is 490 g/mol. The Morgan fingerprint density at radius 2 is 1.86 bits per heavy atom. The smallest absolute Gasteiger partial charge is 0.324 e. The number of benzene rings is 3. The van der Waals surface area contributed by atoms with E-state index in [4.69, 9.17) is 4.74 Å². The summed E-state index contributed by atoms with van der Waals surface area (Å²) in [6.07, 6.45) is 0.756. The van der Waals surface area contributed by atoms with Crippen molar-refractivity contribution >= 4 is 27.4 Å². The lowest BCUT2D eigenvalue weighted by atomic mass is 10.1. The summed E-state index contributed by atoms with van der Waals surface area (Å²) >= 11 is 0. The molecule has 0 spiro atoms. The first kappa shape index (κ1) is 24.1. The minimum Gasteiger partial charge on any atom is -0.495 e. The third-order valence-corrected chi connectivity index (χ3v) is 7.23. The van der Waals surface area contributed by atoms with Crippen LogP contribution in [0, 0.1) is 18.3 Å². The Morgan fingerprint density at radius 1 is 1.06 bits per heavy atom. The fourth-order valence-electron chi connectivity index (χ4n) is 4.15. The molecule has 1 fully saturated rings. The van der Waals surface area contributed by atoms with Crippen molar-refractivity contribution in [2.24, 2.45) is 0 Å². The van der Waals surface area contributed by atoms with Crippen LogP contribution in [-0.2, 0) is 16.6 Å². The molecule has 8 nitrogen and oxygen atoms in total. The second kappa shape index (κ2) is 10.1. The summed E-state index contributed by atoms with van der Waals surface area (Å²) in [4.78, 5) is 16.7. The van der Waals surface area contributed by atoms with Crippen molar-refractivity contribution in [1.82, 2.24) is 4.90 Å². The number of aryl methyl sites for hydroxylation is 1. The van der Waals surface area contributed by atoms with Gasteiger partial charge in [0.05, 0.1) is 24.0 Å². The molecule has 0 unspecified atom stereocenters. The number of anilines is 2. The minimum absolute atomic E-state index is 0.0479. The van der Waals surface area contributed by atoms with Crippen LogP contribution < -0.4 is 14.4 Å². The Bertz CT molecular complexity index is 1400. The molecule has 0 bridgehead atoms. The SMILES string of the molecule is COc1ccc(NS(=O)(=O)c2ccccc2C#N)cc1N1CCCN(Cc2cccc(C)c2)C1=O. The van der Waals surface area contributed by atoms with E-state index in [1.165, 1.54) is 19.2 Å². The van der Waals surface area contributed by atoms with Crippen LogP contribution in [0.15, 0.2) is 71.6 Å². The Hall–Kier alpha value is -4.03. The van der Waals surface area contributed by atoms with Crippen LogP contribution in [-0.4, -0.2) is 39.5 Å². The van der Waals surface area contributed by atoms with E-state index < -0.39 is 10.0 Å². The fourth-order valence-corrected chi connectivity index (χ4v) is 5.36. The van der Waals surface area contributed by atoms with Gasteiger partial charge in [-0.15, -0.1) is 0 Å². The van der Waals surface area contributed by atoms with E-state index in [0.29, 0.717) is 31.1 Å². The Kier molecular flexibility index (Phi) is 6.94.